The molecule has 29 heavy (non-hydrogen) atoms. The predicted molar refractivity (Wildman–Crippen MR) is 118 cm³/mol. The molecule has 2 atom stereocenters. The number of carbonyl (C=O) groups is 2. The van der Waals surface area contributed by atoms with E-state index in [0.29, 0.717) is 0 Å². The zero-order valence-corrected chi connectivity index (χ0v) is 18.6. The Morgan fingerprint density at radius 3 is 2.14 bits per heavy atom. The van der Waals surface area contributed by atoms with Crippen molar-refractivity contribution < 1.29 is 18.0 Å². The van der Waals surface area contributed by atoms with Gasteiger partial charge in [-0.2, -0.15) is 0 Å². The van der Waals surface area contributed by atoms with Gasteiger partial charge in [0.15, 0.2) is 9.84 Å². The molecule has 0 fully saturated rings. The summed E-state index contributed by atoms with van der Waals surface area (Å²) in [6.07, 6.45) is 0.173. The average Bonchev–Trinajstić information content (AvgIpc) is 2.64. The third-order valence-corrected chi connectivity index (χ3v) is 8.04. The van der Waals surface area contributed by atoms with Crippen molar-refractivity contribution in [2.24, 2.45) is 17.6 Å². The van der Waals surface area contributed by atoms with Crippen LogP contribution in [0.3, 0.4) is 0 Å². The van der Waals surface area contributed by atoms with Crippen LogP contribution < -0.4 is 5.73 Å². The van der Waals surface area contributed by atoms with E-state index in [-0.39, 0.29) is 18.1 Å². The van der Waals surface area contributed by atoms with E-state index in [4.69, 9.17) is 5.73 Å². The Morgan fingerprint density at radius 1 is 0.966 bits per heavy atom. The minimum Gasteiger partial charge on any atom is -0.321 e. The lowest BCUT2D eigenvalue weighted by Gasteiger charge is -2.24. The number of nitrogens with two attached hydrogens (primary N) is 1. The monoisotopic (exact) mass is 417 g/mol. The van der Waals surface area contributed by atoms with Crippen molar-refractivity contribution in [3.8, 4) is 0 Å². The second-order valence-corrected chi connectivity index (χ2v) is 11.7. The summed E-state index contributed by atoms with van der Waals surface area (Å²) in [7, 11) is -3.61. The first-order valence-electron chi connectivity index (χ1n) is 9.87. The SMILES string of the molecule is CC(C)C(N)C(=O)C(=O)[C@H](Cc1cccc2ccccc12)CS(=O)(=O)C(C)(C)C. The molecule has 0 amide bonds. The van der Waals surface area contributed by atoms with Gasteiger partial charge in [-0.3, -0.25) is 9.59 Å². The molecule has 0 aromatic heterocycles. The second-order valence-electron chi connectivity index (χ2n) is 8.93. The Bertz CT molecular complexity index is 998. The number of hydrogen-bond acceptors (Lipinski definition) is 5. The summed E-state index contributed by atoms with van der Waals surface area (Å²) in [6, 6.07) is 12.5. The van der Waals surface area contributed by atoms with E-state index in [1.165, 1.54) is 0 Å². The first-order chi connectivity index (χ1) is 13.3. The van der Waals surface area contributed by atoms with Crippen molar-refractivity contribution in [3.05, 3.63) is 48.0 Å². The molecule has 6 heteroatoms. The van der Waals surface area contributed by atoms with E-state index >= 15 is 0 Å². The highest BCUT2D eigenvalue weighted by atomic mass is 32.2. The molecule has 0 aliphatic rings. The quantitative estimate of drug-likeness (QED) is 0.665. The van der Waals surface area contributed by atoms with Gasteiger partial charge in [0.1, 0.15) is 0 Å². The Kier molecular flexibility index (Phi) is 7.01. The van der Waals surface area contributed by atoms with Gasteiger partial charge in [0.25, 0.3) is 0 Å². The number of sulfone groups is 1. The molecule has 158 valence electrons. The fourth-order valence-electron chi connectivity index (χ4n) is 3.15. The number of Topliss-reactive ketones (excluding diaryl/α,β-unsaturated/α-hetero) is 2. The molecule has 0 radical (unpaired) electrons. The summed E-state index contributed by atoms with van der Waals surface area (Å²) in [5, 5.41) is 1.95. The van der Waals surface area contributed by atoms with Crippen LogP contribution >= 0.6 is 0 Å². The van der Waals surface area contributed by atoms with Crippen molar-refractivity contribution >= 4 is 32.2 Å². The standard InChI is InChI=1S/C23H31NO4S/c1-15(2)20(24)22(26)21(25)18(14-29(27,28)23(3,4)5)13-17-11-8-10-16-9-6-7-12-19(16)17/h6-12,15,18,20H,13-14,24H2,1-5H3/t18-,20?/m1/s1. The summed E-state index contributed by atoms with van der Waals surface area (Å²) in [5.74, 6) is -2.96. The zero-order chi connectivity index (χ0) is 22.0. The van der Waals surface area contributed by atoms with Crippen molar-refractivity contribution in [2.75, 3.05) is 5.75 Å². The maximum absolute atomic E-state index is 13.0. The maximum Gasteiger partial charge on any atom is 0.215 e. The first kappa shape index (κ1) is 23.2. The van der Waals surface area contributed by atoms with Crippen molar-refractivity contribution in [2.45, 2.75) is 51.8 Å². The Balaban J connectivity index is 2.46. The Labute approximate surface area is 173 Å². The fourth-order valence-corrected chi connectivity index (χ4v) is 4.45. The topological polar surface area (TPSA) is 94.3 Å². The van der Waals surface area contributed by atoms with Crippen molar-refractivity contribution in [1.29, 1.82) is 0 Å². The minimum absolute atomic E-state index is 0.173. The molecule has 0 spiro atoms. The molecule has 5 nitrogen and oxygen atoms in total. The van der Waals surface area contributed by atoms with Gasteiger partial charge in [0.2, 0.25) is 11.6 Å². The third kappa shape index (κ3) is 5.31. The van der Waals surface area contributed by atoms with E-state index in [9.17, 15) is 18.0 Å². The smallest absolute Gasteiger partial charge is 0.215 e. The van der Waals surface area contributed by atoms with Crippen LogP contribution in [0.1, 0.15) is 40.2 Å². The van der Waals surface area contributed by atoms with Gasteiger partial charge in [0.05, 0.1) is 16.5 Å². The van der Waals surface area contributed by atoms with E-state index in [1.807, 2.05) is 42.5 Å². The van der Waals surface area contributed by atoms with Gasteiger partial charge in [-0.05, 0) is 49.4 Å². The number of benzene rings is 2. The average molecular weight is 418 g/mol. The second kappa shape index (κ2) is 8.76. The molecular formula is C23H31NO4S. The van der Waals surface area contributed by atoms with Crippen LogP contribution in [0.4, 0.5) is 0 Å². The van der Waals surface area contributed by atoms with Gasteiger partial charge >= 0.3 is 0 Å². The van der Waals surface area contributed by atoms with Crippen LogP contribution in [0.15, 0.2) is 42.5 Å². The first-order valence-corrected chi connectivity index (χ1v) is 11.5. The minimum atomic E-state index is -3.61. The number of ketones is 2. The van der Waals surface area contributed by atoms with E-state index in [0.717, 1.165) is 16.3 Å². The van der Waals surface area contributed by atoms with E-state index in [1.54, 1.807) is 34.6 Å². The highest BCUT2D eigenvalue weighted by Crippen LogP contribution is 2.26. The molecule has 0 saturated heterocycles. The summed E-state index contributed by atoms with van der Waals surface area (Å²) >= 11 is 0. The Morgan fingerprint density at radius 2 is 1.55 bits per heavy atom. The highest BCUT2D eigenvalue weighted by molar-refractivity contribution is 7.92. The number of carbonyl (C=O) groups excluding carboxylic acids is 2. The van der Waals surface area contributed by atoms with Gasteiger partial charge in [-0.15, -0.1) is 0 Å². The zero-order valence-electron chi connectivity index (χ0n) is 17.8. The van der Waals surface area contributed by atoms with Crippen molar-refractivity contribution in [1.82, 2.24) is 0 Å². The lowest BCUT2D eigenvalue weighted by atomic mass is 9.88. The number of rotatable bonds is 8. The van der Waals surface area contributed by atoms with Crippen LogP contribution in [-0.4, -0.2) is 36.5 Å². The molecule has 2 N–H and O–H groups in total. The Hall–Kier alpha value is -2.05. The summed E-state index contributed by atoms with van der Waals surface area (Å²) in [5.41, 5.74) is 6.76. The molecule has 0 saturated carbocycles. The van der Waals surface area contributed by atoms with Crippen molar-refractivity contribution in [3.63, 3.8) is 0 Å². The fraction of sp³-hybridized carbons (Fsp3) is 0.478. The van der Waals surface area contributed by atoms with Crippen LogP contribution in [0.2, 0.25) is 0 Å². The maximum atomic E-state index is 13.0. The molecule has 1 unspecified atom stereocenters. The molecule has 0 bridgehead atoms. The molecule has 2 aromatic rings. The molecule has 0 aliphatic heterocycles. The summed E-state index contributed by atoms with van der Waals surface area (Å²) in [6.45, 7) is 8.33. The normalized spacial score (nSPS) is 14.7. The summed E-state index contributed by atoms with van der Waals surface area (Å²) in [4.78, 5) is 25.7. The number of fused-ring (bicyclic) bond motifs is 1. The van der Waals surface area contributed by atoms with Gasteiger partial charge in [0, 0.05) is 5.92 Å². The van der Waals surface area contributed by atoms with E-state index < -0.39 is 38.1 Å². The molecule has 0 aliphatic carbocycles. The number of hydrogen-bond donors (Lipinski definition) is 1. The van der Waals surface area contributed by atoms with Gasteiger partial charge < -0.3 is 5.73 Å². The van der Waals surface area contributed by atoms with Crippen LogP contribution in [0, 0.1) is 11.8 Å². The largest absolute Gasteiger partial charge is 0.321 e. The van der Waals surface area contributed by atoms with Crippen LogP contribution in [0.25, 0.3) is 10.8 Å². The van der Waals surface area contributed by atoms with Gasteiger partial charge in [-0.1, -0.05) is 56.3 Å². The third-order valence-electron chi connectivity index (χ3n) is 5.33. The van der Waals surface area contributed by atoms with Gasteiger partial charge in [-0.25, -0.2) is 8.42 Å². The summed E-state index contributed by atoms with van der Waals surface area (Å²) < 4.78 is 24.7. The lowest BCUT2D eigenvalue weighted by molar-refractivity contribution is -0.139. The molecular weight excluding hydrogens is 386 g/mol. The molecule has 0 heterocycles. The molecule has 2 aromatic carbocycles. The molecule has 2 rings (SSSR count). The van der Waals surface area contributed by atoms with Crippen LogP contribution in [-0.2, 0) is 25.8 Å². The lowest BCUT2D eigenvalue weighted by Crippen LogP contribution is -2.45. The predicted octanol–water partition coefficient (Wildman–Crippen LogP) is 3.33. The highest BCUT2D eigenvalue weighted by Gasteiger charge is 2.38. The van der Waals surface area contributed by atoms with Crippen LogP contribution in [0.5, 0.6) is 0 Å². The van der Waals surface area contributed by atoms with E-state index in [2.05, 4.69) is 0 Å².